The van der Waals surface area contributed by atoms with Crippen LogP contribution in [-0.4, -0.2) is 33.8 Å². The monoisotopic (exact) mass is 272 g/mol. The lowest BCUT2D eigenvalue weighted by atomic mass is 10.3. The largest absolute Gasteiger partial charge is 0.480 e. The van der Waals surface area contributed by atoms with E-state index in [9.17, 15) is 4.79 Å². The van der Waals surface area contributed by atoms with Gasteiger partial charge in [0.25, 0.3) is 5.91 Å². The van der Waals surface area contributed by atoms with Crippen molar-refractivity contribution in [2.24, 2.45) is 0 Å². The summed E-state index contributed by atoms with van der Waals surface area (Å²) < 4.78 is 7.25. The SMILES string of the molecule is Cc1cnn(CCCN2C(=O)COc3cccnc32)c1. The van der Waals surface area contributed by atoms with Gasteiger partial charge in [0.2, 0.25) is 0 Å². The predicted molar refractivity (Wildman–Crippen MR) is 73.7 cm³/mol. The maximum atomic E-state index is 11.9. The van der Waals surface area contributed by atoms with Crippen molar-refractivity contribution in [3.05, 3.63) is 36.3 Å². The zero-order valence-corrected chi connectivity index (χ0v) is 11.3. The van der Waals surface area contributed by atoms with Gasteiger partial charge in [0, 0.05) is 25.5 Å². The van der Waals surface area contributed by atoms with Crippen LogP contribution in [0.5, 0.6) is 5.75 Å². The van der Waals surface area contributed by atoms with Crippen molar-refractivity contribution in [2.75, 3.05) is 18.1 Å². The molecule has 0 saturated carbocycles. The van der Waals surface area contributed by atoms with Crippen molar-refractivity contribution in [1.82, 2.24) is 14.8 Å². The van der Waals surface area contributed by atoms with E-state index in [1.165, 1.54) is 0 Å². The summed E-state index contributed by atoms with van der Waals surface area (Å²) in [6, 6.07) is 3.64. The van der Waals surface area contributed by atoms with Gasteiger partial charge in [-0.1, -0.05) is 0 Å². The van der Waals surface area contributed by atoms with E-state index < -0.39 is 0 Å². The molecule has 0 aromatic carbocycles. The van der Waals surface area contributed by atoms with Crippen molar-refractivity contribution >= 4 is 11.7 Å². The molecule has 0 radical (unpaired) electrons. The predicted octanol–water partition coefficient (Wildman–Crippen LogP) is 1.40. The lowest BCUT2D eigenvalue weighted by Gasteiger charge is -2.27. The molecule has 0 fully saturated rings. The molecule has 0 unspecified atom stereocenters. The Kier molecular flexibility index (Phi) is 3.37. The molecule has 1 amide bonds. The minimum Gasteiger partial charge on any atom is -0.480 e. The molecule has 104 valence electrons. The van der Waals surface area contributed by atoms with Crippen LogP contribution in [0.4, 0.5) is 5.82 Å². The van der Waals surface area contributed by atoms with Crippen LogP contribution in [0, 0.1) is 6.92 Å². The van der Waals surface area contributed by atoms with Gasteiger partial charge in [0.05, 0.1) is 6.20 Å². The Hall–Kier alpha value is -2.37. The molecule has 2 aromatic heterocycles. The Labute approximate surface area is 117 Å². The van der Waals surface area contributed by atoms with E-state index in [2.05, 4.69) is 10.1 Å². The highest BCUT2D eigenvalue weighted by atomic mass is 16.5. The summed E-state index contributed by atoms with van der Waals surface area (Å²) in [7, 11) is 0. The first-order valence-electron chi connectivity index (χ1n) is 6.61. The van der Waals surface area contributed by atoms with Gasteiger partial charge in [-0.2, -0.15) is 5.10 Å². The molecule has 0 aliphatic carbocycles. The van der Waals surface area contributed by atoms with Gasteiger partial charge in [-0.15, -0.1) is 0 Å². The Bertz CT molecular complexity index is 623. The zero-order valence-electron chi connectivity index (χ0n) is 11.3. The smallest absolute Gasteiger partial charge is 0.266 e. The first-order valence-corrected chi connectivity index (χ1v) is 6.61. The van der Waals surface area contributed by atoms with Crippen LogP contribution in [0.1, 0.15) is 12.0 Å². The molecule has 6 heteroatoms. The quantitative estimate of drug-likeness (QED) is 0.844. The maximum Gasteiger partial charge on any atom is 0.266 e. The summed E-state index contributed by atoms with van der Waals surface area (Å²) in [6.07, 6.45) is 6.32. The number of aryl methyl sites for hydroxylation is 2. The van der Waals surface area contributed by atoms with E-state index in [-0.39, 0.29) is 12.5 Å². The first kappa shape index (κ1) is 12.7. The number of rotatable bonds is 4. The first-order chi connectivity index (χ1) is 9.74. The molecule has 1 aliphatic heterocycles. The van der Waals surface area contributed by atoms with E-state index in [1.54, 1.807) is 17.2 Å². The van der Waals surface area contributed by atoms with Crippen LogP contribution in [0.2, 0.25) is 0 Å². The molecule has 20 heavy (non-hydrogen) atoms. The van der Waals surface area contributed by atoms with Gasteiger partial charge in [-0.25, -0.2) is 4.98 Å². The number of carbonyl (C=O) groups is 1. The number of amides is 1. The highest BCUT2D eigenvalue weighted by Crippen LogP contribution is 2.28. The lowest BCUT2D eigenvalue weighted by Crippen LogP contribution is -2.40. The van der Waals surface area contributed by atoms with E-state index in [4.69, 9.17) is 4.74 Å². The summed E-state index contributed by atoms with van der Waals surface area (Å²) in [5.41, 5.74) is 1.14. The molecule has 0 bridgehead atoms. The lowest BCUT2D eigenvalue weighted by molar-refractivity contribution is -0.121. The number of ether oxygens (including phenoxy) is 1. The molecular formula is C14H16N4O2. The number of carbonyl (C=O) groups excluding carboxylic acids is 1. The molecular weight excluding hydrogens is 256 g/mol. The van der Waals surface area contributed by atoms with Gasteiger partial charge in [0.1, 0.15) is 0 Å². The van der Waals surface area contributed by atoms with E-state index in [0.717, 1.165) is 18.5 Å². The number of hydrogen-bond acceptors (Lipinski definition) is 4. The average Bonchev–Trinajstić information content (AvgIpc) is 2.87. The summed E-state index contributed by atoms with van der Waals surface area (Å²) in [5.74, 6) is 1.23. The Morgan fingerprint density at radius 1 is 1.40 bits per heavy atom. The fourth-order valence-corrected chi connectivity index (χ4v) is 2.24. The number of fused-ring (bicyclic) bond motifs is 1. The average molecular weight is 272 g/mol. The highest BCUT2D eigenvalue weighted by Gasteiger charge is 2.25. The summed E-state index contributed by atoms with van der Waals surface area (Å²) >= 11 is 0. The van der Waals surface area contributed by atoms with E-state index in [1.807, 2.05) is 30.1 Å². The molecule has 1 aliphatic rings. The molecule has 0 saturated heterocycles. The molecule has 0 atom stereocenters. The van der Waals surface area contributed by atoms with Gasteiger partial charge >= 0.3 is 0 Å². The standard InChI is InChI=1S/C14H16N4O2/c1-11-8-16-17(9-11)6-3-7-18-13(19)10-20-12-4-2-5-15-14(12)18/h2,4-5,8-9H,3,6-7,10H2,1H3. The van der Waals surface area contributed by atoms with Gasteiger partial charge in [-0.3, -0.25) is 14.4 Å². The number of hydrogen-bond donors (Lipinski definition) is 0. The van der Waals surface area contributed by atoms with Crippen LogP contribution in [0.25, 0.3) is 0 Å². The summed E-state index contributed by atoms with van der Waals surface area (Å²) in [5, 5.41) is 4.23. The van der Waals surface area contributed by atoms with Crippen LogP contribution >= 0.6 is 0 Å². The topological polar surface area (TPSA) is 60.2 Å². The Morgan fingerprint density at radius 3 is 3.10 bits per heavy atom. The van der Waals surface area contributed by atoms with Crippen molar-refractivity contribution in [3.63, 3.8) is 0 Å². The molecule has 6 nitrogen and oxygen atoms in total. The molecule has 3 rings (SSSR count). The minimum atomic E-state index is -0.0483. The third kappa shape index (κ3) is 2.49. The van der Waals surface area contributed by atoms with Gasteiger partial charge < -0.3 is 4.74 Å². The maximum absolute atomic E-state index is 11.9. The fraction of sp³-hybridized carbons (Fsp3) is 0.357. The molecule has 0 spiro atoms. The minimum absolute atomic E-state index is 0.0483. The fourth-order valence-electron chi connectivity index (χ4n) is 2.24. The zero-order chi connectivity index (χ0) is 13.9. The normalized spacial score (nSPS) is 14.1. The number of nitrogens with zero attached hydrogens (tertiary/aromatic N) is 4. The molecule has 3 heterocycles. The number of pyridine rings is 1. The van der Waals surface area contributed by atoms with Crippen molar-refractivity contribution in [3.8, 4) is 5.75 Å². The van der Waals surface area contributed by atoms with Gasteiger partial charge in [-0.05, 0) is 31.0 Å². The van der Waals surface area contributed by atoms with Gasteiger partial charge in [0.15, 0.2) is 18.2 Å². The van der Waals surface area contributed by atoms with E-state index in [0.29, 0.717) is 18.1 Å². The Balaban J connectivity index is 1.66. The summed E-state index contributed by atoms with van der Waals surface area (Å²) in [6.45, 7) is 3.49. The van der Waals surface area contributed by atoms with Crippen LogP contribution in [-0.2, 0) is 11.3 Å². The third-order valence-electron chi connectivity index (χ3n) is 3.19. The van der Waals surface area contributed by atoms with Crippen molar-refractivity contribution in [1.29, 1.82) is 0 Å². The number of aromatic nitrogens is 3. The van der Waals surface area contributed by atoms with Crippen molar-refractivity contribution in [2.45, 2.75) is 19.9 Å². The van der Waals surface area contributed by atoms with E-state index >= 15 is 0 Å². The third-order valence-corrected chi connectivity index (χ3v) is 3.19. The molecule has 0 N–H and O–H groups in total. The second-order valence-electron chi connectivity index (χ2n) is 4.79. The second-order valence-corrected chi connectivity index (χ2v) is 4.79. The second kappa shape index (κ2) is 5.32. The molecule has 2 aromatic rings. The highest BCUT2D eigenvalue weighted by molar-refractivity contribution is 5.96. The van der Waals surface area contributed by atoms with Crippen LogP contribution < -0.4 is 9.64 Å². The van der Waals surface area contributed by atoms with Crippen molar-refractivity contribution < 1.29 is 9.53 Å². The summed E-state index contributed by atoms with van der Waals surface area (Å²) in [4.78, 5) is 17.9. The number of anilines is 1. The van der Waals surface area contributed by atoms with Crippen LogP contribution in [0.15, 0.2) is 30.7 Å². The van der Waals surface area contributed by atoms with Crippen LogP contribution in [0.3, 0.4) is 0 Å². The Morgan fingerprint density at radius 2 is 2.30 bits per heavy atom.